The second-order valence-corrected chi connectivity index (χ2v) is 8.92. The van der Waals surface area contributed by atoms with Crippen molar-refractivity contribution in [1.82, 2.24) is 0 Å². The summed E-state index contributed by atoms with van der Waals surface area (Å²) in [6.07, 6.45) is -2.76. The monoisotopic (exact) mass is 547 g/mol. The first kappa shape index (κ1) is 26.2. The number of nitrogens with zero attached hydrogens (tertiary/aromatic N) is 2. The van der Waals surface area contributed by atoms with Gasteiger partial charge in [0.2, 0.25) is 0 Å². The van der Waals surface area contributed by atoms with E-state index in [0.717, 1.165) is 18.2 Å². The third-order valence-corrected chi connectivity index (χ3v) is 5.95. The molecule has 37 heavy (non-hydrogen) atoms. The van der Waals surface area contributed by atoms with Crippen LogP contribution in [0.2, 0.25) is 10.0 Å². The van der Waals surface area contributed by atoms with E-state index in [2.05, 4.69) is 10.5 Å². The zero-order chi connectivity index (χ0) is 26.8. The van der Waals surface area contributed by atoms with Crippen LogP contribution in [0.15, 0.2) is 71.9 Å². The smallest absolute Gasteiger partial charge is 0.374 e. The third kappa shape index (κ3) is 5.61. The van der Waals surface area contributed by atoms with E-state index >= 15 is 0 Å². The molecule has 1 N–H and O–H groups in total. The predicted molar refractivity (Wildman–Crippen MR) is 132 cm³/mol. The average molecular weight is 548 g/mol. The van der Waals surface area contributed by atoms with E-state index in [9.17, 15) is 22.4 Å². The normalized spacial score (nSPS) is 17.3. The lowest BCUT2D eigenvalue weighted by Gasteiger charge is -2.29. The van der Waals surface area contributed by atoms with Crippen molar-refractivity contribution in [2.45, 2.75) is 18.2 Å². The largest absolute Gasteiger partial charge is 0.435 e. The van der Waals surface area contributed by atoms with E-state index in [1.165, 1.54) is 54.6 Å². The van der Waals surface area contributed by atoms with Crippen LogP contribution in [0.25, 0.3) is 6.08 Å². The number of rotatable bonds is 5. The van der Waals surface area contributed by atoms with E-state index in [0.29, 0.717) is 11.1 Å². The molecule has 0 spiro atoms. The van der Waals surface area contributed by atoms with E-state index in [1.54, 1.807) is 0 Å². The summed E-state index contributed by atoms with van der Waals surface area (Å²) >= 11 is 11.8. The Morgan fingerprint density at radius 2 is 1.73 bits per heavy atom. The van der Waals surface area contributed by atoms with E-state index in [4.69, 9.17) is 33.3 Å². The van der Waals surface area contributed by atoms with Crippen LogP contribution in [0.5, 0.6) is 0 Å². The Morgan fingerprint density at radius 1 is 1.05 bits per heavy atom. The number of benzene rings is 3. The van der Waals surface area contributed by atoms with Gasteiger partial charge in [-0.05, 0) is 66.2 Å². The van der Waals surface area contributed by atoms with Crippen LogP contribution in [0.1, 0.15) is 33.5 Å². The van der Waals surface area contributed by atoms with Crippen LogP contribution in [0, 0.1) is 17.1 Å². The van der Waals surface area contributed by atoms with Gasteiger partial charge in [-0.3, -0.25) is 4.79 Å². The maximum atomic E-state index is 14.3. The molecule has 0 radical (unpaired) electrons. The third-order valence-electron chi connectivity index (χ3n) is 5.52. The maximum Gasteiger partial charge on any atom is 0.435 e. The summed E-state index contributed by atoms with van der Waals surface area (Å²) in [6, 6.07) is 15.0. The molecule has 1 aliphatic rings. The number of carbonyl (C=O) groups excluding carboxylic acids is 1. The summed E-state index contributed by atoms with van der Waals surface area (Å²) in [5, 5.41) is 14.9. The fourth-order valence-corrected chi connectivity index (χ4v) is 4.15. The lowest BCUT2D eigenvalue weighted by Crippen LogP contribution is -2.42. The number of anilines is 1. The van der Waals surface area contributed by atoms with Crippen LogP contribution < -0.4 is 5.32 Å². The Morgan fingerprint density at radius 3 is 2.35 bits per heavy atom. The molecule has 0 bridgehead atoms. The highest BCUT2D eigenvalue weighted by molar-refractivity contribution is 6.34. The van der Waals surface area contributed by atoms with Gasteiger partial charge in [-0.25, -0.2) is 4.39 Å². The van der Waals surface area contributed by atoms with Gasteiger partial charge >= 0.3 is 6.18 Å². The maximum absolute atomic E-state index is 14.3. The highest BCUT2D eigenvalue weighted by atomic mass is 35.5. The van der Waals surface area contributed by atoms with Gasteiger partial charge in [0, 0.05) is 27.6 Å². The van der Waals surface area contributed by atoms with Crippen molar-refractivity contribution in [1.29, 1.82) is 5.26 Å². The first-order valence-corrected chi connectivity index (χ1v) is 11.3. The van der Waals surface area contributed by atoms with Gasteiger partial charge in [-0.15, -0.1) is 0 Å². The molecule has 0 saturated heterocycles. The van der Waals surface area contributed by atoms with Crippen molar-refractivity contribution in [3.63, 3.8) is 0 Å². The molecule has 1 unspecified atom stereocenters. The lowest BCUT2D eigenvalue weighted by atomic mass is 9.88. The minimum absolute atomic E-state index is 0.0145. The number of amides is 1. The standard InChI is InChI=1S/C26H15Cl2F4N3O2/c27-19-10-18(11-20(28)12-19)25(26(30,31)32)13-21(35-37-25)7-3-15-4-8-22(29)23(9-15)34-24(36)17-5-1-16(14-33)2-6-17/h1-12H,13H2,(H,34,36). The number of allylic oxidation sites excluding steroid dienone is 1. The molecule has 188 valence electrons. The molecule has 1 amide bonds. The number of alkyl halides is 3. The Labute approximate surface area is 218 Å². The predicted octanol–water partition coefficient (Wildman–Crippen LogP) is 7.50. The molecular weight excluding hydrogens is 533 g/mol. The van der Waals surface area contributed by atoms with Gasteiger partial charge < -0.3 is 10.2 Å². The number of oxime groups is 1. The SMILES string of the molecule is N#Cc1ccc(C(=O)Nc2cc(C=CC3=NOC(c4cc(Cl)cc(Cl)c4)(C(F)(F)F)C3)ccc2F)cc1. The zero-order valence-electron chi connectivity index (χ0n) is 18.6. The summed E-state index contributed by atoms with van der Waals surface area (Å²) in [5.74, 6) is -1.32. The second kappa shape index (κ2) is 10.2. The number of nitrogens with one attached hydrogen (secondary N) is 1. The molecule has 0 aromatic heterocycles. The van der Waals surface area contributed by atoms with Crippen LogP contribution in [0.3, 0.4) is 0 Å². The number of nitriles is 1. The van der Waals surface area contributed by atoms with Gasteiger partial charge in [0.15, 0.2) is 0 Å². The van der Waals surface area contributed by atoms with Crippen LogP contribution in [-0.2, 0) is 10.4 Å². The second-order valence-electron chi connectivity index (χ2n) is 8.05. The van der Waals surface area contributed by atoms with E-state index < -0.39 is 29.9 Å². The molecule has 1 atom stereocenters. The molecule has 0 saturated carbocycles. The van der Waals surface area contributed by atoms with Crippen LogP contribution in [0.4, 0.5) is 23.2 Å². The number of carbonyl (C=O) groups is 1. The quantitative estimate of drug-likeness (QED) is 0.336. The topological polar surface area (TPSA) is 74.5 Å². The van der Waals surface area contributed by atoms with Crippen LogP contribution >= 0.6 is 23.2 Å². The van der Waals surface area contributed by atoms with Gasteiger partial charge in [0.1, 0.15) is 5.82 Å². The van der Waals surface area contributed by atoms with Crippen molar-refractivity contribution < 1.29 is 27.2 Å². The van der Waals surface area contributed by atoms with E-state index in [-0.39, 0.29) is 32.6 Å². The Balaban J connectivity index is 1.53. The molecule has 11 heteroatoms. The van der Waals surface area contributed by atoms with Crippen molar-refractivity contribution in [3.05, 3.63) is 105 Å². The van der Waals surface area contributed by atoms with Gasteiger partial charge in [-0.2, -0.15) is 18.4 Å². The summed E-state index contributed by atoms with van der Waals surface area (Å²) in [6.45, 7) is 0. The van der Waals surface area contributed by atoms with Crippen molar-refractivity contribution in [2.24, 2.45) is 5.16 Å². The molecule has 3 aromatic carbocycles. The van der Waals surface area contributed by atoms with Gasteiger partial charge in [0.25, 0.3) is 11.5 Å². The highest BCUT2D eigenvalue weighted by Crippen LogP contribution is 2.49. The van der Waals surface area contributed by atoms with E-state index in [1.807, 2.05) is 6.07 Å². The van der Waals surface area contributed by atoms with Crippen molar-refractivity contribution in [3.8, 4) is 6.07 Å². The number of halogens is 6. The molecule has 0 fully saturated rings. The molecule has 5 nitrogen and oxygen atoms in total. The lowest BCUT2D eigenvalue weighted by molar-refractivity contribution is -0.275. The molecule has 3 aromatic rings. The first-order chi connectivity index (χ1) is 17.5. The first-order valence-electron chi connectivity index (χ1n) is 10.6. The molecule has 1 heterocycles. The zero-order valence-corrected chi connectivity index (χ0v) is 20.1. The van der Waals surface area contributed by atoms with Gasteiger partial charge in [-0.1, -0.05) is 40.5 Å². The van der Waals surface area contributed by atoms with Crippen LogP contribution in [-0.4, -0.2) is 17.8 Å². The fourth-order valence-electron chi connectivity index (χ4n) is 3.63. The van der Waals surface area contributed by atoms with Gasteiger partial charge in [0.05, 0.1) is 23.0 Å². The Kier molecular flexibility index (Phi) is 7.25. The average Bonchev–Trinajstić information content (AvgIpc) is 3.30. The minimum atomic E-state index is -4.83. The Hall–Kier alpha value is -3.87. The minimum Gasteiger partial charge on any atom is -0.374 e. The van der Waals surface area contributed by atoms with Crippen molar-refractivity contribution >= 4 is 46.6 Å². The number of hydrogen-bond acceptors (Lipinski definition) is 4. The summed E-state index contributed by atoms with van der Waals surface area (Å²) in [4.78, 5) is 17.4. The molecule has 0 aliphatic carbocycles. The summed E-state index contributed by atoms with van der Waals surface area (Å²) < 4.78 is 56.6. The molecule has 4 rings (SSSR count). The van der Waals surface area contributed by atoms with Crippen molar-refractivity contribution in [2.75, 3.05) is 5.32 Å². The Bertz CT molecular complexity index is 1440. The molecular formula is C26H15Cl2F4N3O2. The summed E-state index contributed by atoms with van der Waals surface area (Å²) in [5.41, 5.74) is -2.28. The summed E-state index contributed by atoms with van der Waals surface area (Å²) in [7, 11) is 0. The molecule has 1 aliphatic heterocycles. The highest BCUT2D eigenvalue weighted by Gasteiger charge is 2.62. The fraction of sp³-hybridized carbons (Fsp3) is 0.115. The number of hydrogen-bond donors (Lipinski definition) is 1.